The molecule has 3 N–H and O–H groups in total. The molecule has 0 aromatic heterocycles. The topological polar surface area (TPSA) is 223 Å². The Morgan fingerprint density at radius 1 is 0.838 bits per heavy atom. The number of likely N-dealkylation sites (tertiary alicyclic amines) is 1. The number of nitrogens with two attached hydrogens (primary N) is 1. The molecule has 17 nitrogen and oxygen atoms in total. The minimum atomic E-state index is -0.955. The molecule has 1 saturated carbocycles. The first-order valence-corrected chi connectivity index (χ1v) is 27.1. The largest absolute Gasteiger partial charge is 0.379 e. The van der Waals surface area contributed by atoms with Gasteiger partial charge in [0.15, 0.2) is 11.6 Å². The van der Waals surface area contributed by atoms with Gasteiger partial charge in [-0.25, -0.2) is 0 Å². The minimum absolute atomic E-state index is 0.00352. The van der Waals surface area contributed by atoms with Gasteiger partial charge in [-0.3, -0.25) is 53.0 Å². The molecular formula is C57H88N6O11. The summed E-state index contributed by atoms with van der Waals surface area (Å²) in [6, 6.07) is 8.22. The number of primary amides is 1. The molecule has 2 fully saturated rings. The summed E-state index contributed by atoms with van der Waals surface area (Å²) in [5, 5.41) is 2.68. The molecular weight excluding hydrogens is 945 g/mol. The van der Waals surface area contributed by atoms with Gasteiger partial charge >= 0.3 is 0 Å². The maximum Gasteiger partial charge on any atom is 0.253 e. The van der Waals surface area contributed by atoms with Crippen LogP contribution in [0.3, 0.4) is 0 Å². The van der Waals surface area contributed by atoms with E-state index in [9.17, 15) is 43.2 Å². The molecule has 6 amide bonds. The summed E-state index contributed by atoms with van der Waals surface area (Å²) in [6.45, 7) is 14.8. The van der Waals surface area contributed by atoms with Gasteiger partial charge in [0.2, 0.25) is 23.6 Å². The van der Waals surface area contributed by atoms with Gasteiger partial charge in [-0.1, -0.05) is 91.6 Å². The number of nitrogens with one attached hydrogen (secondary N) is 1. The van der Waals surface area contributed by atoms with E-state index in [0.717, 1.165) is 12.0 Å². The summed E-state index contributed by atoms with van der Waals surface area (Å²) in [5.74, 6) is -3.85. The molecule has 0 spiro atoms. The van der Waals surface area contributed by atoms with Gasteiger partial charge in [-0.2, -0.15) is 0 Å². The number of carbonyl (C=O) groups excluding carboxylic acids is 9. The zero-order chi connectivity index (χ0) is 55.0. The van der Waals surface area contributed by atoms with E-state index in [4.69, 9.17) is 15.2 Å². The van der Waals surface area contributed by atoms with Crippen LogP contribution in [0.4, 0.5) is 0 Å². The third-order valence-corrected chi connectivity index (χ3v) is 16.2. The zero-order valence-electron chi connectivity index (χ0n) is 46.3. The van der Waals surface area contributed by atoms with Crippen LogP contribution in [0, 0.1) is 35.0 Å². The van der Waals surface area contributed by atoms with Crippen LogP contribution in [0.1, 0.15) is 143 Å². The summed E-state index contributed by atoms with van der Waals surface area (Å²) in [6.07, 6.45) is 6.45. The molecule has 74 heavy (non-hydrogen) atoms. The number of benzene rings is 1. The number of ketones is 3. The number of Topliss-reactive ketones (excluding diaryl/α,β-unsaturated/α-hetero) is 3. The van der Waals surface area contributed by atoms with Gasteiger partial charge in [-0.05, 0) is 81.4 Å². The molecule has 10 atom stereocenters. The molecule has 3 aliphatic rings. The van der Waals surface area contributed by atoms with E-state index in [0.29, 0.717) is 64.6 Å². The van der Waals surface area contributed by atoms with Crippen molar-refractivity contribution < 1.29 is 52.6 Å². The van der Waals surface area contributed by atoms with Crippen molar-refractivity contribution in [3.05, 3.63) is 48.0 Å². The molecule has 1 aromatic carbocycles. The van der Waals surface area contributed by atoms with E-state index in [-0.39, 0.29) is 109 Å². The van der Waals surface area contributed by atoms with Crippen LogP contribution in [0.15, 0.2) is 42.5 Å². The van der Waals surface area contributed by atoms with Crippen molar-refractivity contribution >= 4 is 52.8 Å². The van der Waals surface area contributed by atoms with Gasteiger partial charge in [0.1, 0.15) is 5.78 Å². The number of nitrogens with zero attached hydrogens (tertiary/aromatic N) is 4. The molecule has 1 saturated heterocycles. The Morgan fingerprint density at radius 3 is 2.08 bits per heavy atom. The molecule has 17 heteroatoms. The number of likely N-dealkylation sites (N-methyl/N-ethyl adjacent to an activating group) is 2. The Balaban J connectivity index is 1.33. The average molecular weight is 1030 g/mol. The van der Waals surface area contributed by atoms with Gasteiger partial charge in [0.05, 0.1) is 48.7 Å². The number of hydrogen-bond donors (Lipinski definition) is 2. The molecule has 0 unspecified atom stereocenters. The highest BCUT2D eigenvalue weighted by atomic mass is 16.5. The normalized spacial score (nSPS) is 21.4. The Kier molecular flexibility index (Phi) is 23.8. The Hall–Kier alpha value is -5.13. The molecule has 2 aliphatic heterocycles. The van der Waals surface area contributed by atoms with Gasteiger partial charge in [0, 0.05) is 84.0 Å². The highest BCUT2D eigenvalue weighted by molar-refractivity contribution is 6.12. The lowest BCUT2D eigenvalue weighted by Gasteiger charge is -2.41. The first-order chi connectivity index (χ1) is 35.0. The predicted octanol–water partition coefficient (Wildman–Crippen LogP) is 5.66. The molecule has 0 bridgehead atoms. The van der Waals surface area contributed by atoms with Crippen molar-refractivity contribution in [2.75, 3.05) is 54.5 Å². The molecule has 4 rings (SSSR count). The Bertz CT molecular complexity index is 2130. The third kappa shape index (κ3) is 16.0. The van der Waals surface area contributed by atoms with Crippen molar-refractivity contribution in [3.63, 3.8) is 0 Å². The number of imide groups is 1. The lowest BCUT2D eigenvalue weighted by atomic mass is 9.83. The standard InChI is InChI=1S/C57H88N6O11/c1-12-38(6)53(47(73-10)32-51(70)62-30-20-24-44(62)54(74-11)39(7)46(66)34-57(56(58)72)33-43(57)40-21-15-13-16-22-40)61(9)55(71)42(36(2)3)31-45(65)52(37(4)5)60(8)28-19-23-41(64)35-59-48(67)25-17-14-18-29-63-49(68)26-27-50(63)69/h13,15-16,21-22,26-27,36-39,42-44,47,52-54H,12,14,17-20,23-25,28-35H2,1-11H3,(H2,58,72)(H,59,67)/t38-,39-,42-,43+,44-,47+,52-,53-,54+,57-/m0/s1. The van der Waals surface area contributed by atoms with Crippen LogP contribution in [-0.2, 0) is 52.6 Å². The first-order valence-electron chi connectivity index (χ1n) is 27.1. The maximum atomic E-state index is 14.7. The van der Waals surface area contributed by atoms with Crippen molar-refractivity contribution in [1.29, 1.82) is 0 Å². The average Bonchev–Trinajstić information content (AvgIpc) is 3.73. The smallest absolute Gasteiger partial charge is 0.253 e. The highest BCUT2D eigenvalue weighted by Gasteiger charge is 2.61. The number of rotatable bonds is 34. The number of amides is 6. The predicted molar refractivity (Wildman–Crippen MR) is 282 cm³/mol. The monoisotopic (exact) mass is 1030 g/mol. The highest BCUT2D eigenvalue weighted by Crippen LogP contribution is 2.61. The van der Waals surface area contributed by atoms with Crippen LogP contribution < -0.4 is 11.1 Å². The fourth-order valence-electron chi connectivity index (χ4n) is 11.6. The van der Waals surface area contributed by atoms with Crippen molar-refractivity contribution in [3.8, 4) is 0 Å². The van der Waals surface area contributed by atoms with Gasteiger partial charge in [0.25, 0.3) is 11.8 Å². The lowest BCUT2D eigenvalue weighted by Crippen LogP contribution is -2.54. The van der Waals surface area contributed by atoms with Crippen LogP contribution in [0.5, 0.6) is 0 Å². The van der Waals surface area contributed by atoms with Crippen LogP contribution in [0.2, 0.25) is 0 Å². The molecule has 1 aliphatic carbocycles. The summed E-state index contributed by atoms with van der Waals surface area (Å²) in [4.78, 5) is 125. The lowest BCUT2D eigenvalue weighted by molar-refractivity contribution is -0.149. The van der Waals surface area contributed by atoms with Gasteiger partial charge in [-0.15, -0.1) is 0 Å². The van der Waals surface area contributed by atoms with Crippen molar-refractivity contribution in [1.82, 2.24) is 24.9 Å². The molecule has 412 valence electrons. The van der Waals surface area contributed by atoms with E-state index in [1.807, 2.05) is 83.8 Å². The second-order valence-electron chi connectivity index (χ2n) is 22.0. The minimum Gasteiger partial charge on any atom is -0.379 e. The summed E-state index contributed by atoms with van der Waals surface area (Å²) < 4.78 is 12.1. The quantitative estimate of drug-likeness (QED) is 0.0630. The number of carbonyl (C=O) groups is 9. The fraction of sp³-hybridized carbons (Fsp3) is 0.702. The Labute approximate surface area is 440 Å². The van der Waals surface area contributed by atoms with Gasteiger partial charge < -0.3 is 30.3 Å². The van der Waals surface area contributed by atoms with Crippen molar-refractivity contribution in [2.45, 2.75) is 168 Å². The molecule has 0 radical (unpaired) electrons. The van der Waals surface area contributed by atoms with Crippen molar-refractivity contribution in [2.24, 2.45) is 40.7 Å². The van der Waals surface area contributed by atoms with E-state index < -0.39 is 53.5 Å². The second-order valence-corrected chi connectivity index (χ2v) is 22.0. The SMILES string of the molecule is CC[C@H](C)[C@@H]([C@@H](CC(=O)N1CCC[C@H]1[C@H](OC)[C@@H](C)C(=O)C[C@@]1(C(N)=O)C[C@@H]1c1ccccc1)OC)N(C)C(=O)[C@@H](CC(=O)[C@H](C(C)C)N(C)CCCC(=O)CNC(=O)CCCCCN1C(=O)C=CC1=O)C(C)C. The fourth-order valence-corrected chi connectivity index (χ4v) is 11.6. The first kappa shape index (κ1) is 61.4. The maximum absolute atomic E-state index is 14.7. The second kappa shape index (κ2) is 28.7. The molecule has 2 heterocycles. The summed E-state index contributed by atoms with van der Waals surface area (Å²) in [5.41, 5.74) is 5.97. The molecule has 1 aromatic rings. The van der Waals surface area contributed by atoms with Crippen LogP contribution in [0.25, 0.3) is 0 Å². The Morgan fingerprint density at radius 2 is 1.50 bits per heavy atom. The van der Waals surface area contributed by atoms with Crippen LogP contribution >= 0.6 is 0 Å². The van der Waals surface area contributed by atoms with E-state index in [2.05, 4.69) is 5.32 Å². The van der Waals surface area contributed by atoms with E-state index in [1.165, 1.54) is 17.1 Å². The van der Waals surface area contributed by atoms with E-state index >= 15 is 0 Å². The number of unbranched alkanes of at least 4 members (excludes halogenated alkanes) is 2. The summed E-state index contributed by atoms with van der Waals surface area (Å²) >= 11 is 0. The van der Waals surface area contributed by atoms with E-state index in [1.54, 1.807) is 38.0 Å². The summed E-state index contributed by atoms with van der Waals surface area (Å²) in [7, 11) is 6.68. The number of hydrogen-bond acceptors (Lipinski definition) is 12. The number of methoxy groups -OCH3 is 2. The number of ether oxygens (including phenoxy) is 2. The zero-order valence-corrected chi connectivity index (χ0v) is 46.3. The third-order valence-electron chi connectivity index (χ3n) is 16.2. The van der Waals surface area contributed by atoms with Crippen LogP contribution in [-0.4, -0.2) is 157 Å².